The predicted molar refractivity (Wildman–Crippen MR) is 16.7 cm³/mol. The zero-order chi connectivity index (χ0) is 3.58. The van der Waals surface area contributed by atoms with Gasteiger partial charge in [-0.1, -0.05) is 0 Å². The molecule has 0 aromatic rings. The summed E-state index contributed by atoms with van der Waals surface area (Å²) in [4.78, 5) is 8.89. The molecule has 36 valence electrons. The molecule has 0 heterocycles. The van der Waals surface area contributed by atoms with Crippen molar-refractivity contribution in [3.05, 3.63) is 0 Å². The molecule has 0 aliphatic rings. The van der Waals surface area contributed by atoms with Crippen molar-refractivity contribution in [1.82, 2.24) is 6.15 Å². The molecule has 6 heavy (non-hydrogen) atoms. The first-order valence-corrected chi connectivity index (χ1v) is 0.908. The van der Waals surface area contributed by atoms with E-state index in [4.69, 9.17) is 9.90 Å². The van der Waals surface area contributed by atoms with Gasteiger partial charge in [-0.3, -0.25) is 0 Å². The Hall–Kier alpha value is 0.144. The zero-order valence-electron chi connectivity index (χ0n) is 3.82. The molecule has 0 unspecified atom stereocenters. The Morgan fingerprint density at radius 3 is 1.67 bits per heavy atom. The fourth-order valence-corrected chi connectivity index (χ4v) is 0. The summed E-state index contributed by atoms with van der Waals surface area (Å²) in [6.07, 6.45) is 0. The molecule has 0 amide bonds. The van der Waals surface area contributed by atoms with Crippen LogP contribution in [0.15, 0.2) is 0 Å². The maximum absolute atomic E-state index is 8.89. The number of carboxylic acids is 1. The van der Waals surface area contributed by atoms with Gasteiger partial charge in [-0.05, 0) is 6.92 Å². The van der Waals surface area contributed by atoms with Gasteiger partial charge < -0.3 is 16.1 Å². The van der Waals surface area contributed by atoms with Gasteiger partial charge >= 0.3 is 0 Å². The summed E-state index contributed by atoms with van der Waals surface area (Å²) in [6.45, 7) is 0.972. The van der Waals surface area contributed by atoms with Crippen molar-refractivity contribution in [2.75, 3.05) is 0 Å². The van der Waals surface area contributed by atoms with Crippen LogP contribution in [0, 0.1) is 0 Å². The second-order valence-corrected chi connectivity index (χ2v) is 0.492. The molecular formula is C2H7NO2Ti. The van der Waals surface area contributed by atoms with Crippen LogP contribution in [-0.2, 0) is 26.5 Å². The van der Waals surface area contributed by atoms with Crippen molar-refractivity contribution in [1.29, 1.82) is 0 Å². The Labute approximate surface area is 51.2 Å². The van der Waals surface area contributed by atoms with Crippen molar-refractivity contribution in [2.45, 2.75) is 6.92 Å². The third-order valence-electron chi connectivity index (χ3n) is 0. The van der Waals surface area contributed by atoms with Crippen molar-refractivity contribution < 1.29 is 31.6 Å². The first kappa shape index (κ1) is 16.4. The minimum absolute atomic E-state index is 0. The van der Waals surface area contributed by atoms with E-state index in [9.17, 15) is 0 Å². The minimum Gasteiger partial charge on any atom is -0.550 e. The number of carboxylic acid groups (broad SMARTS) is 1. The van der Waals surface area contributed by atoms with Crippen LogP contribution in [-0.4, -0.2) is 5.97 Å². The third-order valence-corrected chi connectivity index (χ3v) is 0. The molecule has 0 radical (unpaired) electrons. The number of hydrogen-bond acceptors (Lipinski definition) is 2. The average Bonchev–Trinajstić information content (AvgIpc) is 0.811. The van der Waals surface area contributed by atoms with Crippen LogP contribution in [0.2, 0.25) is 0 Å². The van der Waals surface area contributed by atoms with Crippen LogP contribution in [0.3, 0.4) is 0 Å². The Balaban J connectivity index is -0.0000000450. The molecule has 0 rings (SSSR count). The molecule has 0 spiro atoms. The molecule has 0 aromatic heterocycles. The molecule has 4 heteroatoms. The van der Waals surface area contributed by atoms with Gasteiger partial charge in [0.05, 0.1) is 0 Å². The molecule has 0 aromatic carbocycles. The molecule has 4 N–H and O–H groups in total. The summed E-state index contributed by atoms with van der Waals surface area (Å²) in [7, 11) is 0. The summed E-state index contributed by atoms with van der Waals surface area (Å²) >= 11 is 0. The molecule has 0 saturated heterocycles. The Bertz CT molecular complexity index is 34.5. The van der Waals surface area contributed by atoms with Crippen molar-refractivity contribution >= 4 is 5.97 Å². The first-order chi connectivity index (χ1) is 1.73. The number of quaternary nitrogens is 1. The van der Waals surface area contributed by atoms with Crippen LogP contribution < -0.4 is 11.3 Å². The Kier molecular flexibility index (Phi) is 24.5. The van der Waals surface area contributed by atoms with Gasteiger partial charge in [0.2, 0.25) is 0 Å². The molecule has 0 fully saturated rings. The second-order valence-electron chi connectivity index (χ2n) is 0.492. The van der Waals surface area contributed by atoms with Gasteiger partial charge in [0.15, 0.2) is 0 Å². The second kappa shape index (κ2) is 8.94. The van der Waals surface area contributed by atoms with E-state index in [-0.39, 0.29) is 27.9 Å². The number of rotatable bonds is 0. The van der Waals surface area contributed by atoms with E-state index in [2.05, 4.69) is 0 Å². The monoisotopic (exact) mass is 125 g/mol. The van der Waals surface area contributed by atoms with Crippen LogP contribution in [0.25, 0.3) is 0 Å². The number of carbonyl (C=O) groups is 1. The van der Waals surface area contributed by atoms with Gasteiger partial charge in [-0.2, -0.15) is 0 Å². The maximum atomic E-state index is 8.89. The van der Waals surface area contributed by atoms with Gasteiger partial charge in [0.1, 0.15) is 0 Å². The average molecular weight is 125 g/mol. The SMILES string of the molecule is CC(=O)[O-].[NH4+].[Ti]. The summed E-state index contributed by atoms with van der Waals surface area (Å²) in [5.74, 6) is -1.08. The predicted octanol–water partition coefficient (Wildman–Crippen LogP) is -0.870. The first-order valence-electron chi connectivity index (χ1n) is 0.908. The van der Waals surface area contributed by atoms with Gasteiger partial charge in [-0.15, -0.1) is 0 Å². The van der Waals surface area contributed by atoms with Crippen LogP contribution in [0.5, 0.6) is 0 Å². The summed E-state index contributed by atoms with van der Waals surface area (Å²) < 4.78 is 0. The standard InChI is InChI=1S/C2H4O2.H3N.Ti/c1-2(3)4;;/h1H3,(H,3,4);1H3;. The summed E-state index contributed by atoms with van der Waals surface area (Å²) in [5, 5.41) is 8.89. The quantitative estimate of drug-likeness (QED) is 0.427. The normalized spacial score (nSPS) is 4.17. The minimum atomic E-state index is -1.08. The summed E-state index contributed by atoms with van der Waals surface area (Å²) in [5.41, 5.74) is 0. The third kappa shape index (κ3) is 1970. The smallest absolute Gasteiger partial charge is 0.0383 e. The van der Waals surface area contributed by atoms with Crippen LogP contribution in [0.1, 0.15) is 6.92 Å². The molecule has 0 atom stereocenters. The topological polar surface area (TPSA) is 76.6 Å². The van der Waals surface area contributed by atoms with Crippen LogP contribution in [0.4, 0.5) is 0 Å². The van der Waals surface area contributed by atoms with E-state index < -0.39 is 5.97 Å². The number of carbonyl (C=O) groups excluding carboxylic acids is 1. The zero-order valence-corrected chi connectivity index (χ0v) is 5.38. The van der Waals surface area contributed by atoms with E-state index >= 15 is 0 Å². The van der Waals surface area contributed by atoms with Gasteiger partial charge in [0.25, 0.3) is 0 Å². The molecule has 0 aliphatic carbocycles. The number of hydrogen-bond donors (Lipinski definition) is 1. The van der Waals surface area contributed by atoms with Crippen molar-refractivity contribution in [2.24, 2.45) is 0 Å². The van der Waals surface area contributed by atoms with E-state index in [1.807, 2.05) is 0 Å². The molecule has 0 aliphatic heterocycles. The van der Waals surface area contributed by atoms with Gasteiger partial charge in [-0.25, -0.2) is 0 Å². The molecule has 0 saturated carbocycles. The van der Waals surface area contributed by atoms with E-state index in [0.717, 1.165) is 6.92 Å². The molecular weight excluding hydrogens is 118 g/mol. The molecule has 3 nitrogen and oxygen atoms in total. The Morgan fingerprint density at radius 2 is 1.67 bits per heavy atom. The van der Waals surface area contributed by atoms with Gasteiger partial charge in [0, 0.05) is 27.7 Å². The summed E-state index contributed by atoms with van der Waals surface area (Å²) in [6, 6.07) is 0. The van der Waals surface area contributed by atoms with E-state index in [1.54, 1.807) is 0 Å². The van der Waals surface area contributed by atoms with Crippen molar-refractivity contribution in [3.63, 3.8) is 0 Å². The maximum Gasteiger partial charge on any atom is 0.0383 e. The Morgan fingerprint density at radius 1 is 1.67 bits per heavy atom. The fraction of sp³-hybridized carbons (Fsp3) is 0.500. The van der Waals surface area contributed by atoms with Crippen LogP contribution >= 0.6 is 0 Å². The largest absolute Gasteiger partial charge is 0.550 e. The van der Waals surface area contributed by atoms with Crippen molar-refractivity contribution in [3.8, 4) is 0 Å². The van der Waals surface area contributed by atoms with E-state index in [0.29, 0.717) is 0 Å². The number of aliphatic carboxylic acids is 1. The molecule has 0 bridgehead atoms. The fourth-order valence-electron chi connectivity index (χ4n) is 0. The van der Waals surface area contributed by atoms with E-state index in [1.165, 1.54) is 0 Å².